The van der Waals surface area contributed by atoms with Crippen LogP contribution in [0.15, 0.2) is 0 Å². The molecule has 0 aliphatic carbocycles. The molecule has 0 radical (unpaired) electrons. The van der Waals surface area contributed by atoms with E-state index in [4.69, 9.17) is 0 Å². The molecule has 5 nitrogen and oxygen atoms in total. The molecule has 0 aromatic rings. The van der Waals surface area contributed by atoms with E-state index in [0.717, 1.165) is 19.6 Å². The third kappa shape index (κ3) is 6.09. The molecule has 118 valence electrons. The van der Waals surface area contributed by atoms with Crippen LogP contribution in [0.4, 0.5) is 4.79 Å². The Morgan fingerprint density at radius 2 is 1.80 bits per heavy atom. The molecule has 0 aromatic heterocycles. The summed E-state index contributed by atoms with van der Waals surface area (Å²) in [6, 6.07) is 0.146. The number of carbonyl (C=O) groups is 1. The van der Waals surface area contributed by atoms with Crippen molar-refractivity contribution in [2.45, 2.75) is 65.1 Å². The van der Waals surface area contributed by atoms with Gasteiger partial charge in [0, 0.05) is 25.2 Å². The minimum absolute atomic E-state index is 0.0783. The highest BCUT2D eigenvalue weighted by Crippen LogP contribution is 2.09. The molecule has 0 saturated carbocycles. The summed E-state index contributed by atoms with van der Waals surface area (Å²) in [7, 11) is 0. The van der Waals surface area contributed by atoms with Crippen molar-refractivity contribution in [3.05, 3.63) is 0 Å². The normalized spacial score (nSPS) is 19.7. The lowest BCUT2D eigenvalue weighted by atomic mass is 10.1. The van der Waals surface area contributed by atoms with Gasteiger partial charge in [-0.15, -0.1) is 0 Å². The summed E-state index contributed by atoms with van der Waals surface area (Å²) in [6.07, 6.45) is 3.36. The molecule has 2 N–H and O–H groups in total. The van der Waals surface area contributed by atoms with Gasteiger partial charge in [0.1, 0.15) is 0 Å². The lowest BCUT2D eigenvalue weighted by molar-refractivity contribution is 0.116. The van der Waals surface area contributed by atoms with Gasteiger partial charge in [-0.3, -0.25) is 0 Å². The molecular weight excluding hydrogens is 254 g/mol. The molecule has 1 heterocycles. The van der Waals surface area contributed by atoms with Crippen LogP contribution in [0.5, 0.6) is 0 Å². The molecule has 2 unspecified atom stereocenters. The van der Waals surface area contributed by atoms with Crippen molar-refractivity contribution >= 4 is 6.03 Å². The summed E-state index contributed by atoms with van der Waals surface area (Å²) in [4.78, 5) is 16.4. The molecule has 0 bridgehead atoms. The Hall–Kier alpha value is -0.810. The van der Waals surface area contributed by atoms with Crippen LogP contribution >= 0.6 is 0 Å². The van der Waals surface area contributed by atoms with Crippen molar-refractivity contribution in [1.82, 2.24) is 15.1 Å². The van der Waals surface area contributed by atoms with Crippen molar-refractivity contribution in [3.8, 4) is 0 Å². The number of hydrogen-bond donors (Lipinski definition) is 2. The molecular formula is C15H31N3O2. The molecule has 5 heteroatoms. The zero-order chi connectivity index (χ0) is 15.1. The van der Waals surface area contributed by atoms with E-state index in [1.165, 1.54) is 19.3 Å². The first-order chi connectivity index (χ1) is 9.40. The van der Waals surface area contributed by atoms with Crippen LogP contribution in [0, 0.1) is 0 Å². The van der Waals surface area contributed by atoms with Gasteiger partial charge >= 0.3 is 6.03 Å². The quantitative estimate of drug-likeness (QED) is 0.780. The summed E-state index contributed by atoms with van der Waals surface area (Å²) in [5.41, 5.74) is 0. The van der Waals surface area contributed by atoms with E-state index < -0.39 is 6.10 Å². The van der Waals surface area contributed by atoms with Crippen molar-refractivity contribution in [2.75, 3.05) is 26.2 Å². The average molecular weight is 285 g/mol. The van der Waals surface area contributed by atoms with Gasteiger partial charge in [0.15, 0.2) is 0 Å². The highest BCUT2D eigenvalue weighted by Gasteiger charge is 2.21. The standard InChI is InChI=1S/C15H31N3O2/c1-12(2)18(11-14(4)19)15(20)16-13(3)10-17-8-6-5-7-9-17/h12-14,19H,5-11H2,1-4H3,(H,16,20). The number of urea groups is 1. The summed E-state index contributed by atoms with van der Waals surface area (Å²) in [5.74, 6) is 0. The number of nitrogens with one attached hydrogen (secondary N) is 1. The van der Waals surface area contributed by atoms with E-state index in [2.05, 4.69) is 10.2 Å². The number of rotatable bonds is 6. The van der Waals surface area contributed by atoms with Gasteiger partial charge in [-0.25, -0.2) is 4.79 Å². The molecule has 0 spiro atoms. The Kier molecular flexibility index (Phi) is 7.30. The first-order valence-electron chi connectivity index (χ1n) is 7.87. The van der Waals surface area contributed by atoms with E-state index in [1.807, 2.05) is 20.8 Å². The van der Waals surface area contributed by atoms with Gasteiger partial charge in [0.05, 0.1) is 6.10 Å². The van der Waals surface area contributed by atoms with E-state index in [1.54, 1.807) is 11.8 Å². The Morgan fingerprint density at radius 1 is 1.20 bits per heavy atom. The first-order valence-corrected chi connectivity index (χ1v) is 7.87. The number of likely N-dealkylation sites (tertiary alicyclic amines) is 1. The molecule has 0 aromatic carbocycles. The molecule has 1 saturated heterocycles. The maximum Gasteiger partial charge on any atom is 0.317 e. The van der Waals surface area contributed by atoms with Crippen LogP contribution in [0.25, 0.3) is 0 Å². The maximum absolute atomic E-state index is 12.3. The van der Waals surface area contributed by atoms with Gasteiger partial charge in [0.25, 0.3) is 0 Å². The Bertz CT molecular complexity index is 289. The third-order valence-corrected chi connectivity index (χ3v) is 3.70. The number of hydrogen-bond acceptors (Lipinski definition) is 3. The monoisotopic (exact) mass is 285 g/mol. The van der Waals surface area contributed by atoms with E-state index >= 15 is 0 Å². The Morgan fingerprint density at radius 3 is 2.30 bits per heavy atom. The van der Waals surface area contributed by atoms with Crippen LogP contribution in [0.3, 0.4) is 0 Å². The summed E-state index contributed by atoms with van der Waals surface area (Å²) in [5, 5.41) is 12.5. The van der Waals surface area contributed by atoms with Crippen LogP contribution in [-0.4, -0.2) is 65.3 Å². The second kappa shape index (κ2) is 8.47. The maximum atomic E-state index is 12.3. The molecule has 2 amide bonds. The van der Waals surface area contributed by atoms with Gasteiger partial charge < -0.3 is 20.2 Å². The van der Waals surface area contributed by atoms with Gasteiger partial charge in [-0.1, -0.05) is 6.42 Å². The topological polar surface area (TPSA) is 55.8 Å². The second-order valence-corrected chi connectivity index (χ2v) is 6.31. The van der Waals surface area contributed by atoms with Crippen molar-refractivity contribution in [3.63, 3.8) is 0 Å². The third-order valence-electron chi connectivity index (χ3n) is 3.70. The zero-order valence-corrected chi connectivity index (χ0v) is 13.4. The fraction of sp³-hybridized carbons (Fsp3) is 0.933. The molecule has 2 atom stereocenters. The molecule has 1 rings (SSSR count). The van der Waals surface area contributed by atoms with Crippen molar-refractivity contribution in [2.24, 2.45) is 0 Å². The highest BCUT2D eigenvalue weighted by atomic mass is 16.3. The Balaban J connectivity index is 2.41. The fourth-order valence-electron chi connectivity index (χ4n) is 2.68. The number of amides is 2. The largest absolute Gasteiger partial charge is 0.392 e. The number of nitrogens with zero attached hydrogens (tertiary/aromatic N) is 2. The smallest absolute Gasteiger partial charge is 0.317 e. The van der Waals surface area contributed by atoms with Crippen LogP contribution < -0.4 is 5.32 Å². The molecule has 1 aliphatic heterocycles. The highest BCUT2D eigenvalue weighted by molar-refractivity contribution is 5.74. The number of aliphatic hydroxyl groups is 1. The summed E-state index contributed by atoms with van der Waals surface area (Å²) >= 11 is 0. The lowest BCUT2D eigenvalue weighted by Gasteiger charge is -2.32. The fourth-order valence-corrected chi connectivity index (χ4v) is 2.68. The second-order valence-electron chi connectivity index (χ2n) is 6.31. The Labute approximate surface area is 123 Å². The zero-order valence-electron chi connectivity index (χ0n) is 13.4. The molecule has 1 fully saturated rings. The molecule has 1 aliphatic rings. The average Bonchev–Trinajstić information content (AvgIpc) is 2.36. The van der Waals surface area contributed by atoms with Crippen LogP contribution in [0.1, 0.15) is 47.0 Å². The predicted molar refractivity (Wildman–Crippen MR) is 81.8 cm³/mol. The molecule has 20 heavy (non-hydrogen) atoms. The number of aliphatic hydroxyl groups excluding tert-OH is 1. The predicted octanol–water partition coefficient (Wildman–Crippen LogP) is 1.66. The minimum atomic E-state index is -0.499. The van der Waals surface area contributed by atoms with Crippen LogP contribution in [0.2, 0.25) is 0 Å². The van der Waals surface area contributed by atoms with Crippen molar-refractivity contribution < 1.29 is 9.90 Å². The van der Waals surface area contributed by atoms with Gasteiger partial charge in [-0.05, 0) is 53.6 Å². The number of piperidine rings is 1. The van der Waals surface area contributed by atoms with Gasteiger partial charge in [-0.2, -0.15) is 0 Å². The van der Waals surface area contributed by atoms with Crippen molar-refractivity contribution in [1.29, 1.82) is 0 Å². The van der Waals surface area contributed by atoms with E-state index in [9.17, 15) is 9.90 Å². The van der Waals surface area contributed by atoms with E-state index in [-0.39, 0.29) is 18.1 Å². The lowest BCUT2D eigenvalue weighted by Crippen LogP contribution is -2.52. The minimum Gasteiger partial charge on any atom is -0.392 e. The van der Waals surface area contributed by atoms with Crippen LogP contribution in [-0.2, 0) is 0 Å². The first kappa shape index (κ1) is 17.2. The summed E-state index contributed by atoms with van der Waals surface area (Å²) in [6.45, 7) is 11.3. The summed E-state index contributed by atoms with van der Waals surface area (Å²) < 4.78 is 0. The van der Waals surface area contributed by atoms with E-state index in [0.29, 0.717) is 6.54 Å². The SMILES string of the molecule is CC(O)CN(C(=O)NC(C)CN1CCCCC1)C(C)C. The number of carbonyl (C=O) groups excluding carboxylic acids is 1. The van der Waals surface area contributed by atoms with Gasteiger partial charge in [0.2, 0.25) is 0 Å².